The van der Waals surface area contributed by atoms with Crippen molar-refractivity contribution in [1.29, 1.82) is 0 Å². The number of aromatic nitrogens is 3. The Balaban J connectivity index is 1.89. The summed E-state index contributed by atoms with van der Waals surface area (Å²) in [6, 6.07) is 6.45. The number of nitrogens with zero attached hydrogens (tertiary/aromatic N) is 4. The summed E-state index contributed by atoms with van der Waals surface area (Å²) in [5, 5.41) is 20.5. The number of anilines is 1. The molecule has 0 saturated heterocycles. The van der Waals surface area contributed by atoms with Crippen molar-refractivity contribution < 1.29 is 14.7 Å². The Labute approximate surface area is 182 Å². The van der Waals surface area contributed by atoms with Gasteiger partial charge in [-0.05, 0) is 38.5 Å². The number of halogens is 1. The van der Waals surface area contributed by atoms with Gasteiger partial charge in [0.15, 0.2) is 5.76 Å². The van der Waals surface area contributed by atoms with Crippen LogP contribution in [0.1, 0.15) is 37.0 Å². The molecule has 0 bridgehead atoms. The third-order valence-corrected chi connectivity index (χ3v) is 6.91. The summed E-state index contributed by atoms with van der Waals surface area (Å²) in [7, 11) is 0. The minimum absolute atomic E-state index is 0.0249. The van der Waals surface area contributed by atoms with Crippen LogP contribution in [-0.2, 0) is 4.79 Å². The Morgan fingerprint density at radius 1 is 1.10 bits per heavy atom. The molecule has 29 heavy (non-hydrogen) atoms. The maximum atomic E-state index is 13.4. The minimum atomic E-state index is -0.808. The number of carbonyl (C=O) groups is 2. The van der Waals surface area contributed by atoms with Crippen LogP contribution in [-0.4, -0.2) is 32.0 Å². The summed E-state index contributed by atoms with van der Waals surface area (Å²) in [6.07, 6.45) is 0. The van der Waals surface area contributed by atoms with E-state index in [4.69, 9.17) is 0 Å². The van der Waals surface area contributed by atoms with E-state index in [1.165, 1.54) is 27.6 Å². The lowest BCUT2D eigenvalue weighted by Crippen LogP contribution is -2.31. The van der Waals surface area contributed by atoms with Gasteiger partial charge >= 0.3 is 0 Å². The van der Waals surface area contributed by atoms with Gasteiger partial charge < -0.3 is 5.11 Å². The molecular formula is C19H15BrN4O3S2. The molecule has 0 saturated carbocycles. The fraction of sp³-hybridized carbons (Fsp3) is 0.211. The molecule has 1 aromatic carbocycles. The largest absolute Gasteiger partial charge is 0.503 e. The second-order valence-electron chi connectivity index (χ2n) is 6.47. The van der Waals surface area contributed by atoms with Crippen LogP contribution in [0.5, 0.6) is 0 Å². The number of thiazole rings is 1. The normalized spacial score (nSPS) is 16.8. The number of rotatable bonds is 4. The molecule has 1 aliphatic rings. The fourth-order valence-electron chi connectivity index (χ4n) is 3.24. The third-order valence-electron chi connectivity index (χ3n) is 4.47. The summed E-state index contributed by atoms with van der Waals surface area (Å²) in [6.45, 7) is 5.33. The monoisotopic (exact) mass is 490 g/mol. The highest BCUT2D eigenvalue weighted by Gasteiger charge is 2.46. The molecule has 0 radical (unpaired) electrons. The summed E-state index contributed by atoms with van der Waals surface area (Å²) < 4.78 is 0.860. The zero-order valence-corrected chi connectivity index (χ0v) is 18.9. The van der Waals surface area contributed by atoms with Crippen LogP contribution < -0.4 is 4.90 Å². The van der Waals surface area contributed by atoms with Crippen LogP contribution in [0.3, 0.4) is 0 Å². The van der Waals surface area contributed by atoms with E-state index in [0.717, 1.165) is 9.48 Å². The first-order chi connectivity index (χ1) is 13.8. The second-order valence-corrected chi connectivity index (χ2v) is 9.75. The molecular weight excluding hydrogens is 476 g/mol. The number of benzene rings is 1. The first kappa shape index (κ1) is 19.9. The summed E-state index contributed by atoms with van der Waals surface area (Å²) >= 11 is 5.87. The molecule has 1 unspecified atom stereocenters. The average Bonchev–Trinajstić information content (AvgIpc) is 3.32. The van der Waals surface area contributed by atoms with Gasteiger partial charge in [-0.2, -0.15) is 0 Å². The van der Waals surface area contributed by atoms with Crippen LogP contribution in [0, 0.1) is 20.8 Å². The maximum Gasteiger partial charge on any atom is 0.296 e. The van der Waals surface area contributed by atoms with Crippen molar-refractivity contribution >= 4 is 55.4 Å². The van der Waals surface area contributed by atoms with E-state index in [1.54, 1.807) is 26.0 Å². The van der Waals surface area contributed by atoms with E-state index < -0.39 is 23.5 Å². The zero-order chi connectivity index (χ0) is 20.9. The number of carbonyl (C=O) groups excluding carboxylic acids is 2. The molecule has 0 fully saturated rings. The smallest absolute Gasteiger partial charge is 0.296 e. The van der Waals surface area contributed by atoms with Gasteiger partial charge in [0.05, 0.1) is 27.2 Å². The fourth-order valence-corrected chi connectivity index (χ4v) is 5.10. The molecule has 2 aromatic heterocycles. The molecule has 0 aliphatic carbocycles. The average molecular weight is 491 g/mol. The summed E-state index contributed by atoms with van der Waals surface area (Å²) in [4.78, 5) is 32.4. The van der Waals surface area contributed by atoms with Crippen molar-refractivity contribution in [3.63, 3.8) is 0 Å². The van der Waals surface area contributed by atoms with Crippen LogP contribution in [0.15, 0.2) is 40.1 Å². The minimum Gasteiger partial charge on any atom is -0.503 e. The van der Waals surface area contributed by atoms with Gasteiger partial charge in [0, 0.05) is 4.47 Å². The molecule has 7 nitrogen and oxygen atoms in total. The Hall–Kier alpha value is -2.43. The van der Waals surface area contributed by atoms with Gasteiger partial charge in [-0.3, -0.25) is 14.5 Å². The molecule has 10 heteroatoms. The van der Waals surface area contributed by atoms with Gasteiger partial charge in [-0.1, -0.05) is 39.4 Å². The van der Waals surface area contributed by atoms with Crippen LogP contribution >= 0.6 is 38.6 Å². The molecule has 3 heterocycles. The standard InChI is InChI=1S/C19H15BrN4O3S2/c1-8-17(28-9(2)21-8)15(25)13-14(11-4-6-12(20)7-5-11)24(18(27)16(13)26)19-23-22-10(3)29-19/h4-7,14,26H,1-3H3. The van der Waals surface area contributed by atoms with E-state index in [-0.39, 0.29) is 5.57 Å². The quantitative estimate of drug-likeness (QED) is 0.542. The predicted octanol–water partition coefficient (Wildman–Crippen LogP) is 4.47. The lowest BCUT2D eigenvalue weighted by atomic mass is 9.95. The molecule has 3 aromatic rings. The lowest BCUT2D eigenvalue weighted by molar-refractivity contribution is -0.117. The van der Waals surface area contributed by atoms with E-state index in [2.05, 4.69) is 31.1 Å². The van der Waals surface area contributed by atoms with Crippen molar-refractivity contribution in [3.8, 4) is 0 Å². The lowest BCUT2D eigenvalue weighted by Gasteiger charge is -2.24. The third kappa shape index (κ3) is 3.41. The Morgan fingerprint density at radius 2 is 1.79 bits per heavy atom. The second kappa shape index (κ2) is 7.43. The van der Waals surface area contributed by atoms with E-state index in [9.17, 15) is 14.7 Å². The maximum absolute atomic E-state index is 13.4. The van der Waals surface area contributed by atoms with Crippen molar-refractivity contribution in [2.75, 3.05) is 4.90 Å². The van der Waals surface area contributed by atoms with Gasteiger partial charge in [0.1, 0.15) is 5.01 Å². The Morgan fingerprint density at radius 3 is 2.34 bits per heavy atom. The van der Waals surface area contributed by atoms with Gasteiger partial charge in [-0.15, -0.1) is 21.5 Å². The highest BCUT2D eigenvalue weighted by atomic mass is 79.9. The van der Waals surface area contributed by atoms with Gasteiger partial charge in [0.25, 0.3) is 5.91 Å². The molecule has 1 amide bonds. The predicted molar refractivity (Wildman–Crippen MR) is 115 cm³/mol. The zero-order valence-electron chi connectivity index (χ0n) is 15.6. The van der Waals surface area contributed by atoms with Crippen molar-refractivity contribution in [1.82, 2.24) is 15.2 Å². The first-order valence-electron chi connectivity index (χ1n) is 8.59. The van der Waals surface area contributed by atoms with Crippen LogP contribution in [0.4, 0.5) is 5.13 Å². The number of aliphatic hydroxyl groups excluding tert-OH is 1. The van der Waals surface area contributed by atoms with Crippen molar-refractivity contribution in [2.24, 2.45) is 0 Å². The van der Waals surface area contributed by atoms with Gasteiger partial charge in [-0.25, -0.2) is 4.98 Å². The molecule has 0 spiro atoms. The van der Waals surface area contributed by atoms with Crippen molar-refractivity contribution in [2.45, 2.75) is 26.8 Å². The Kier molecular flexibility index (Phi) is 5.09. The highest BCUT2D eigenvalue weighted by molar-refractivity contribution is 9.10. The molecule has 1 atom stereocenters. The van der Waals surface area contributed by atoms with Crippen molar-refractivity contribution in [3.05, 3.63) is 66.2 Å². The van der Waals surface area contributed by atoms with E-state index in [1.807, 2.05) is 19.1 Å². The molecule has 148 valence electrons. The number of aryl methyl sites for hydroxylation is 3. The van der Waals surface area contributed by atoms with E-state index >= 15 is 0 Å². The molecule has 1 N–H and O–H groups in total. The SMILES string of the molecule is Cc1nnc(N2C(=O)C(O)=C(C(=O)c3sc(C)nc3C)C2c2ccc(Br)cc2)s1. The van der Waals surface area contributed by atoms with Gasteiger partial charge in [0.2, 0.25) is 10.9 Å². The molecule has 1 aliphatic heterocycles. The number of Topliss-reactive ketones (excluding diaryl/α,β-unsaturated/α-hetero) is 1. The summed E-state index contributed by atoms with van der Waals surface area (Å²) in [5.74, 6) is -1.65. The summed E-state index contributed by atoms with van der Waals surface area (Å²) in [5.41, 5.74) is 1.28. The number of ketones is 1. The van der Waals surface area contributed by atoms with Crippen LogP contribution in [0.25, 0.3) is 0 Å². The van der Waals surface area contributed by atoms with Crippen LogP contribution in [0.2, 0.25) is 0 Å². The number of aliphatic hydroxyl groups is 1. The Bertz CT molecular complexity index is 1170. The first-order valence-corrected chi connectivity index (χ1v) is 11.0. The topological polar surface area (TPSA) is 96.3 Å². The molecule has 4 rings (SSSR count). The number of hydrogen-bond donors (Lipinski definition) is 1. The highest BCUT2D eigenvalue weighted by Crippen LogP contribution is 2.43. The number of hydrogen-bond acceptors (Lipinski definition) is 8. The number of amides is 1. The van der Waals surface area contributed by atoms with E-state index in [0.29, 0.717) is 26.3 Å².